The van der Waals surface area contributed by atoms with Crippen LogP contribution >= 0.6 is 0 Å². The standard InChI is InChI=1S/C28H27NO4/c30-24(16-15-19-8-2-1-3-9-19)25-26(23-14-6-11-20-10-4-5-13-22(20)23)29(28(32)27(25)31)18-21-12-7-17-33-21/h1-6,8-11,13-14,21,26,31H,7,12,15-18H2. The molecule has 0 aliphatic carbocycles. The van der Waals surface area contributed by atoms with E-state index in [0.29, 0.717) is 19.6 Å². The van der Waals surface area contributed by atoms with Gasteiger partial charge in [0.25, 0.3) is 5.91 Å². The number of ether oxygens (including phenoxy) is 1. The van der Waals surface area contributed by atoms with Crippen molar-refractivity contribution in [1.29, 1.82) is 0 Å². The summed E-state index contributed by atoms with van der Waals surface area (Å²) in [6.45, 7) is 1.03. The first-order chi connectivity index (χ1) is 16.1. The van der Waals surface area contributed by atoms with Crippen LogP contribution < -0.4 is 0 Å². The Morgan fingerprint density at radius 3 is 2.55 bits per heavy atom. The molecule has 0 spiro atoms. The van der Waals surface area contributed by atoms with Gasteiger partial charge in [0.1, 0.15) is 0 Å². The molecule has 1 saturated heterocycles. The topological polar surface area (TPSA) is 66.8 Å². The Kier molecular flexibility index (Phi) is 5.97. The van der Waals surface area contributed by atoms with Gasteiger partial charge >= 0.3 is 0 Å². The number of carbonyl (C=O) groups excluding carboxylic acids is 2. The second kappa shape index (κ2) is 9.20. The Morgan fingerprint density at radius 1 is 1.00 bits per heavy atom. The van der Waals surface area contributed by atoms with Crippen molar-refractivity contribution >= 4 is 22.5 Å². The van der Waals surface area contributed by atoms with E-state index >= 15 is 0 Å². The molecule has 33 heavy (non-hydrogen) atoms. The van der Waals surface area contributed by atoms with E-state index in [1.807, 2.05) is 72.8 Å². The van der Waals surface area contributed by atoms with Crippen molar-refractivity contribution in [2.24, 2.45) is 0 Å². The maximum Gasteiger partial charge on any atom is 0.290 e. The molecule has 2 aliphatic heterocycles. The lowest BCUT2D eigenvalue weighted by Crippen LogP contribution is -2.37. The molecule has 5 nitrogen and oxygen atoms in total. The monoisotopic (exact) mass is 441 g/mol. The molecule has 0 saturated carbocycles. The number of benzene rings is 3. The van der Waals surface area contributed by atoms with E-state index in [2.05, 4.69) is 0 Å². The molecule has 2 atom stereocenters. The molecule has 0 radical (unpaired) electrons. The van der Waals surface area contributed by atoms with Gasteiger partial charge in [0.15, 0.2) is 11.5 Å². The molecule has 1 N–H and O–H groups in total. The van der Waals surface area contributed by atoms with Crippen LogP contribution in [0.3, 0.4) is 0 Å². The molecule has 3 aromatic rings. The van der Waals surface area contributed by atoms with Crippen LogP contribution in [0.25, 0.3) is 10.8 Å². The van der Waals surface area contributed by atoms with Gasteiger partial charge in [-0.05, 0) is 41.2 Å². The highest BCUT2D eigenvalue weighted by Crippen LogP contribution is 2.41. The molecule has 168 valence electrons. The lowest BCUT2D eigenvalue weighted by atomic mass is 9.90. The fraction of sp³-hybridized carbons (Fsp3) is 0.286. The van der Waals surface area contributed by atoms with Gasteiger partial charge in [-0.3, -0.25) is 9.59 Å². The Hall–Kier alpha value is -3.44. The van der Waals surface area contributed by atoms with Crippen LogP contribution in [0.2, 0.25) is 0 Å². The van der Waals surface area contributed by atoms with E-state index in [1.54, 1.807) is 4.90 Å². The van der Waals surface area contributed by atoms with Crippen molar-refractivity contribution < 1.29 is 19.4 Å². The van der Waals surface area contributed by atoms with Crippen LogP contribution in [0, 0.1) is 0 Å². The number of amides is 1. The van der Waals surface area contributed by atoms with Gasteiger partial charge < -0.3 is 14.7 Å². The van der Waals surface area contributed by atoms with Crippen molar-refractivity contribution in [3.05, 3.63) is 95.3 Å². The van der Waals surface area contributed by atoms with Crippen LogP contribution in [0.4, 0.5) is 0 Å². The van der Waals surface area contributed by atoms with Crippen LogP contribution in [0.5, 0.6) is 0 Å². The summed E-state index contributed by atoms with van der Waals surface area (Å²) < 4.78 is 5.79. The molecule has 5 rings (SSSR count). The van der Waals surface area contributed by atoms with Crippen LogP contribution in [0.1, 0.15) is 36.4 Å². The molecular weight excluding hydrogens is 414 g/mol. The van der Waals surface area contributed by atoms with E-state index in [4.69, 9.17) is 4.74 Å². The van der Waals surface area contributed by atoms with Crippen molar-refractivity contribution in [3.63, 3.8) is 0 Å². The smallest absolute Gasteiger partial charge is 0.290 e. The molecular formula is C28H27NO4. The first-order valence-electron chi connectivity index (χ1n) is 11.5. The van der Waals surface area contributed by atoms with Gasteiger partial charge in [0.2, 0.25) is 0 Å². The van der Waals surface area contributed by atoms with Crippen molar-refractivity contribution in [1.82, 2.24) is 4.90 Å². The molecule has 0 bridgehead atoms. The third kappa shape index (κ3) is 4.16. The summed E-state index contributed by atoms with van der Waals surface area (Å²) in [6.07, 6.45) is 2.51. The number of aliphatic hydroxyl groups is 1. The largest absolute Gasteiger partial charge is 0.503 e. The number of hydrogen-bond acceptors (Lipinski definition) is 4. The summed E-state index contributed by atoms with van der Waals surface area (Å²) in [5.41, 5.74) is 2.10. The average molecular weight is 442 g/mol. The summed E-state index contributed by atoms with van der Waals surface area (Å²) in [5, 5.41) is 12.9. The maximum atomic E-state index is 13.4. The minimum Gasteiger partial charge on any atom is -0.503 e. The SMILES string of the molecule is O=C(CCc1ccccc1)C1=C(O)C(=O)N(CC2CCCO2)C1c1cccc2ccccc12. The van der Waals surface area contributed by atoms with Gasteiger partial charge in [0, 0.05) is 19.6 Å². The quantitative estimate of drug-likeness (QED) is 0.565. The highest BCUT2D eigenvalue weighted by molar-refractivity contribution is 6.09. The van der Waals surface area contributed by atoms with Gasteiger partial charge in [-0.25, -0.2) is 0 Å². The van der Waals surface area contributed by atoms with E-state index in [1.165, 1.54) is 0 Å². The third-order valence-corrected chi connectivity index (χ3v) is 6.63. The van der Waals surface area contributed by atoms with E-state index in [-0.39, 0.29) is 23.9 Å². The molecule has 5 heteroatoms. The summed E-state index contributed by atoms with van der Waals surface area (Å²) >= 11 is 0. The van der Waals surface area contributed by atoms with Crippen molar-refractivity contribution in [3.8, 4) is 0 Å². The number of ketones is 1. The second-order valence-electron chi connectivity index (χ2n) is 8.73. The summed E-state index contributed by atoms with van der Waals surface area (Å²) in [4.78, 5) is 28.3. The third-order valence-electron chi connectivity index (χ3n) is 6.63. The number of hydrogen-bond donors (Lipinski definition) is 1. The number of fused-ring (bicyclic) bond motifs is 1. The van der Waals surface area contributed by atoms with Gasteiger partial charge in [0.05, 0.1) is 17.7 Å². The highest BCUT2D eigenvalue weighted by atomic mass is 16.5. The van der Waals surface area contributed by atoms with E-state index < -0.39 is 17.7 Å². The lowest BCUT2D eigenvalue weighted by Gasteiger charge is -2.29. The van der Waals surface area contributed by atoms with Crippen molar-refractivity contribution in [2.75, 3.05) is 13.2 Å². The number of Topliss-reactive ketones (excluding diaryl/α,β-unsaturated/α-hetero) is 1. The Balaban J connectivity index is 1.53. The Morgan fingerprint density at radius 2 is 1.76 bits per heavy atom. The van der Waals surface area contributed by atoms with Crippen LogP contribution in [0.15, 0.2) is 84.1 Å². The fourth-order valence-corrected chi connectivity index (χ4v) is 4.98. The Bertz CT molecular complexity index is 1210. The van der Waals surface area contributed by atoms with Gasteiger partial charge in [-0.1, -0.05) is 72.8 Å². The van der Waals surface area contributed by atoms with E-state index in [9.17, 15) is 14.7 Å². The minimum absolute atomic E-state index is 0.0852. The molecule has 1 amide bonds. The predicted octanol–water partition coefficient (Wildman–Crippen LogP) is 4.92. The van der Waals surface area contributed by atoms with Crippen LogP contribution in [-0.2, 0) is 20.7 Å². The zero-order valence-electron chi connectivity index (χ0n) is 18.4. The number of aryl methyl sites for hydroxylation is 1. The zero-order valence-corrected chi connectivity index (χ0v) is 18.4. The maximum absolute atomic E-state index is 13.4. The van der Waals surface area contributed by atoms with Crippen molar-refractivity contribution in [2.45, 2.75) is 37.8 Å². The summed E-state index contributed by atoms with van der Waals surface area (Å²) in [6, 6.07) is 23.0. The van der Waals surface area contributed by atoms with Gasteiger partial charge in [-0.15, -0.1) is 0 Å². The van der Waals surface area contributed by atoms with Gasteiger partial charge in [-0.2, -0.15) is 0 Å². The average Bonchev–Trinajstić information content (AvgIpc) is 3.45. The van der Waals surface area contributed by atoms with Crippen LogP contribution in [-0.4, -0.2) is 41.0 Å². The zero-order chi connectivity index (χ0) is 22.8. The molecule has 2 heterocycles. The number of rotatable bonds is 7. The molecule has 3 aromatic carbocycles. The fourth-order valence-electron chi connectivity index (χ4n) is 4.98. The lowest BCUT2D eigenvalue weighted by molar-refractivity contribution is -0.131. The normalized spacial score (nSPS) is 20.7. The number of carbonyl (C=O) groups is 2. The second-order valence-corrected chi connectivity index (χ2v) is 8.73. The minimum atomic E-state index is -0.629. The summed E-state index contributed by atoms with van der Waals surface area (Å²) in [7, 11) is 0. The summed E-state index contributed by atoms with van der Waals surface area (Å²) in [5.74, 6) is -1.12. The number of aliphatic hydroxyl groups excluding tert-OH is 1. The van der Waals surface area contributed by atoms with E-state index in [0.717, 1.165) is 34.7 Å². The Labute approximate surface area is 193 Å². The molecule has 2 aliphatic rings. The predicted molar refractivity (Wildman–Crippen MR) is 127 cm³/mol. The highest BCUT2D eigenvalue weighted by Gasteiger charge is 2.44. The molecule has 0 aromatic heterocycles. The number of nitrogens with zero attached hydrogens (tertiary/aromatic N) is 1. The molecule has 1 fully saturated rings. The molecule has 2 unspecified atom stereocenters. The first-order valence-corrected chi connectivity index (χ1v) is 11.5. The first kappa shape index (κ1) is 21.4.